The number of ketones is 1. The van der Waals surface area contributed by atoms with E-state index in [1.807, 2.05) is 13.8 Å². The summed E-state index contributed by atoms with van der Waals surface area (Å²) >= 11 is 0. The average Bonchev–Trinajstić information content (AvgIpc) is 2.25. The van der Waals surface area contributed by atoms with Crippen molar-refractivity contribution in [2.24, 2.45) is 11.3 Å². The molecule has 0 amide bonds. The van der Waals surface area contributed by atoms with Crippen LogP contribution in [0.15, 0.2) is 23.5 Å². The number of carbonyl (C=O) groups is 2. The van der Waals surface area contributed by atoms with Gasteiger partial charge < -0.3 is 4.74 Å². The summed E-state index contributed by atoms with van der Waals surface area (Å²) in [6.07, 6.45) is 4.17. The number of Topliss-reactive ketones (excluding diaryl/α,β-unsaturated/α-hetero) is 1. The van der Waals surface area contributed by atoms with Crippen LogP contribution in [-0.4, -0.2) is 11.8 Å². The van der Waals surface area contributed by atoms with Gasteiger partial charge in [0, 0.05) is 36.7 Å². The summed E-state index contributed by atoms with van der Waals surface area (Å²) in [6, 6.07) is 0. The molecule has 0 aliphatic heterocycles. The molecule has 0 aromatic rings. The molecule has 1 rings (SSSR count). The number of hydrogen-bond donors (Lipinski definition) is 0. The lowest BCUT2D eigenvalue weighted by molar-refractivity contribution is -0.135. The molecule has 1 aliphatic rings. The van der Waals surface area contributed by atoms with Crippen LogP contribution >= 0.6 is 0 Å². The summed E-state index contributed by atoms with van der Waals surface area (Å²) in [5.41, 5.74) is 1.94. The maximum Gasteiger partial charge on any atom is 0.307 e. The zero-order valence-electron chi connectivity index (χ0n) is 12.9. The molecule has 108 valence electrons. The zero-order chi connectivity index (χ0) is 15.3. The van der Waals surface area contributed by atoms with E-state index >= 15 is 0 Å². The summed E-state index contributed by atoms with van der Waals surface area (Å²) in [5, 5.41) is 0. The van der Waals surface area contributed by atoms with E-state index in [2.05, 4.69) is 25.7 Å². The third kappa shape index (κ3) is 4.70. The molecule has 0 bridgehead atoms. The monoisotopic (exact) mass is 274 g/mol. The number of esters is 1. The van der Waals surface area contributed by atoms with E-state index in [-0.39, 0.29) is 23.1 Å². The Kier molecular flexibility index (Phi) is 5.33. The quantitative estimate of drug-likeness (QED) is 0.440. The highest BCUT2D eigenvalue weighted by Gasteiger charge is 2.31. The lowest BCUT2D eigenvalue weighted by atomic mass is 9.72. The van der Waals surface area contributed by atoms with Crippen molar-refractivity contribution in [3.63, 3.8) is 0 Å². The molecule has 0 aromatic heterocycles. The first-order chi connectivity index (χ1) is 9.22. The predicted molar refractivity (Wildman–Crippen MR) is 78.6 cm³/mol. The summed E-state index contributed by atoms with van der Waals surface area (Å²) in [4.78, 5) is 22.3. The minimum absolute atomic E-state index is 0.0110. The molecule has 0 radical (unpaired) electrons. The van der Waals surface area contributed by atoms with Crippen LogP contribution in [0.5, 0.6) is 0 Å². The molecular formula is C17H22O3. The molecule has 1 unspecified atom stereocenters. The first kappa shape index (κ1) is 16.2. The van der Waals surface area contributed by atoms with Crippen LogP contribution in [0.1, 0.15) is 47.5 Å². The average molecular weight is 274 g/mol. The van der Waals surface area contributed by atoms with Crippen molar-refractivity contribution >= 4 is 11.8 Å². The Hall–Kier alpha value is -1.82. The van der Waals surface area contributed by atoms with Gasteiger partial charge in [-0.1, -0.05) is 31.3 Å². The smallest absolute Gasteiger partial charge is 0.307 e. The predicted octanol–water partition coefficient (Wildman–Crippen LogP) is 3.41. The molecule has 0 saturated carbocycles. The lowest BCUT2D eigenvalue weighted by Crippen LogP contribution is -2.25. The Morgan fingerprint density at radius 2 is 2.10 bits per heavy atom. The van der Waals surface area contributed by atoms with E-state index in [0.717, 1.165) is 11.1 Å². The molecule has 0 N–H and O–H groups in total. The minimum atomic E-state index is -0.341. The van der Waals surface area contributed by atoms with Crippen molar-refractivity contribution in [3.8, 4) is 11.8 Å². The van der Waals surface area contributed by atoms with Crippen LogP contribution in [0.3, 0.4) is 0 Å². The molecule has 0 spiro atoms. The molecular weight excluding hydrogens is 252 g/mol. The standard InChI is InChI=1S/C17H22O3/c1-12(8-9-20-14(3)18)6-7-16-13(2)10-15(19)11-17(16,4)5/h8-9,12H,10-11H2,1-5H3/b9-8-. The van der Waals surface area contributed by atoms with E-state index in [1.54, 1.807) is 6.08 Å². The largest absolute Gasteiger partial charge is 0.435 e. The van der Waals surface area contributed by atoms with Crippen LogP contribution < -0.4 is 0 Å². The van der Waals surface area contributed by atoms with Crippen LogP contribution in [0.4, 0.5) is 0 Å². The highest BCUT2D eigenvalue weighted by atomic mass is 16.5. The van der Waals surface area contributed by atoms with Gasteiger partial charge in [-0.2, -0.15) is 0 Å². The first-order valence-electron chi connectivity index (χ1n) is 6.79. The normalized spacial score (nSPS) is 19.6. The van der Waals surface area contributed by atoms with Crippen molar-refractivity contribution in [1.82, 2.24) is 0 Å². The van der Waals surface area contributed by atoms with Crippen LogP contribution in [0, 0.1) is 23.2 Å². The molecule has 20 heavy (non-hydrogen) atoms. The molecule has 0 heterocycles. The fourth-order valence-electron chi connectivity index (χ4n) is 2.37. The van der Waals surface area contributed by atoms with Crippen molar-refractivity contribution in [2.45, 2.75) is 47.5 Å². The third-order valence-electron chi connectivity index (χ3n) is 3.23. The summed E-state index contributed by atoms with van der Waals surface area (Å²) in [5.74, 6) is 6.26. The van der Waals surface area contributed by atoms with Gasteiger partial charge in [0.1, 0.15) is 5.78 Å². The second-order valence-electron chi connectivity index (χ2n) is 5.93. The first-order valence-corrected chi connectivity index (χ1v) is 6.79. The molecule has 1 aliphatic carbocycles. The van der Waals surface area contributed by atoms with E-state index in [4.69, 9.17) is 4.74 Å². The third-order valence-corrected chi connectivity index (χ3v) is 3.23. The maximum atomic E-state index is 11.6. The molecule has 0 fully saturated rings. The molecule has 0 aromatic carbocycles. The number of carbonyl (C=O) groups excluding carboxylic acids is 2. The Morgan fingerprint density at radius 3 is 2.65 bits per heavy atom. The van der Waals surface area contributed by atoms with E-state index in [9.17, 15) is 9.59 Å². The van der Waals surface area contributed by atoms with Crippen molar-refractivity contribution < 1.29 is 14.3 Å². The summed E-state index contributed by atoms with van der Waals surface area (Å²) in [7, 11) is 0. The Labute approximate surface area is 121 Å². The fraction of sp³-hybridized carbons (Fsp3) is 0.529. The van der Waals surface area contributed by atoms with Gasteiger partial charge in [0.15, 0.2) is 0 Å². The van der Waals surface area contributed by atoms with Gasteiger partial charge >= 0.3 is 5.97 Å². The Bertz CT molecular complexity index is 524. The molecule has 3 heteroatoms. The maximum absolute atomic E-state index is 11.6. The van der Waals surface area contributed by atoms with Gasteiger partial charge in [-0.05, 0) is 19.9 Å². The summed E-state index contributed by atoms with van der Waals surface area (Å²) < 4.78 is 4.74. The molecule has 0 saturated heterocycles. The van der Waals surface area contributed by atoms with Crippen molar-refractivity contribution in [1.29, 1.82) is 0 Å². The molecule has 3 nitrogen and oxygen atoms in total. The second kappa shape index (κ2) is 6.56. The van der Waals surface area contributed by atoms with Gasteiger partial charge in [-0.25, -0.2) is 0 Å². The zero-order valence-corrected chi connectivity index (χ0v) is 12.9. The van der Waals surface area contributed by atoms with Gasteiger partial charge in [0.25, 0.3) is 0 Å². The minimum Gasteiger partial charge on any atom is -0.435 e. The fourth-order valence-corrected chi connectivity index (χ4v) is 2.37. The van der Waals surface area contributed by atoms with Gasteiger partial charge in [-0.15, -0.1) is 0 Å². The van der Waals surface area contributed by atoms with E-state index in [0.29, 0.717) is 12.8 Å². The highest BCUT2D eigenvalue weighted by molar-refractivity contribution is 5.84. The number of ether oxygens (including phenoxy) is 1. The van der Waals surface area contributed by atoms with Crippen LogP contribution in [0.25, 0.3) is 0 Å². The topological polar surface area (TPSA) is 43.4 Å². The van der Waals surface area contributed by atoms with Gasteiger partial charge in [0.2, 0.25) is 0 Å². The van der Waals surface area contributed by atoms with Gasteiger partial charge in [0.05, 0.1) is 6.26 Å². The van der Waals surface area contributed by atoms with E-state index < -0.39 is 0 Å². The van der Waals surface area contributed by atoms with Crippen molar-refractivity contribution in [3.05, 3.63) is 23.5 Å². The van der Waals surface area contributed by atoms with E-state index in [1.165, 1.54) is 13.2 Å². The van der Waals surface area contributed by atoms with Crippen molar-refractivity contribution in [2.75, 3.05) is 0 Å². The Balaban J connectivity index is 2.84. The number of rotatable bonds is 2. The highest BCUT2D eigenvalue weighted by Crippen LogP contribution is 2.38. The SMILES string of the molecule is CC(=O)O/C=C\C(C)C#CC1=C(C)CC(=O)CC1(C)C. The van der Waals surface area contributed by atoms with Gasteiger partial charge in [-0.3, -0.25) is 9.59 Å². The van der Waals surface area contributed by atoms with Crippen LogP contribution in [0.2, 0.25) is 0 Å². The summed E-state index contributed by atoms with van der Waals surface area (Å²) in [6.45, 7) is 9.37. The Morgan fingerprint density at radius 1 is 1.45 bits per heavy atom. The van der Waals surface area contributed by atoms with Crippen LogP contribution in [-0.2, 0) is 14.3 Å². The lowest BCUT2D eigenvalue weighted by Gasteiger charge is -2.30. The number of hydrogen-bond acceptors (Lipinski definition) is 3. The molecule has 1 atom stereocenters. The number of allylic oxidation sites excluding steroid dienone is 3. The second-order valence-corrected chi connectivity index (χ2v) is 5.93.